The van der Waals surface area contributed by atoms with Gasteiger partial charge in [-0.05, 0) is 6.42 Å². The summed E-state index contributed by atoms with van der Waals surface area (Å²) in [5, 5.41) is 9.63. The van der Waals surface area contributed by atoms with Crippen LogP contribution in [0.25, 0.3) is 10.7 Å². The van der Waals surface area contributed by atoms with Gasteiger partial charge in [0.1, 0.15) is 10.7 Å². The molecule has 0 aliphatic heterocycles. The molecule has 1 N–H and O–H groups in total. The van der Waals surface area contributed by atoms with Crippen molar-refractivity contribution in [3.8, 4) is 10.7 Å². The van der Waals surface area contributed by atoms with Crippen molar-refractivity contribution in [2.75, 3.05) is 0 Å². The molecule has 2 heterocycles. The maximum absolute atomic E-state index is 10.8. The van der Waals surface area contributed by atoms with Crippen LogP contribution in [0.1, 0.15) is 23.9 Å². The lowest BCUT2D eigenvalue weighted by Gasteiger charge is -1.95. The molecule has 0 spiro atoms. The van der Waals surface area contributed by atoms with Crippen LogP contribution >= 0.6 is 11.3 Å². The minimum absolute atomic E-state index is 0.0211. The number of thiazole rings is 1. The molecule has 0 aliphatic carbocycles. The summed E-state index contributed by atoms with van der Waals surface area (Å²) >= 11 is 1.39. The van der Waals surface area contributed by atoms with Gasteiger partial charge in [-0.1, -0.05) is 13.3 Å². The Bertz CT molecular complexity index is 540. The number of carbonyl (C=O) groups is 1. The van der Waals surface area contributed by atoms with Crippen LogP contribution in [0.15, 0.2) is 18.6 Å². The largest absolute Gasteiger partial charge is 0.481 e. The molecular formula is C12H13N3O2S. The Balaban J connectivity index is 2.35. The predicted octanol–water partition coefficient (Wildman–Crippen LogP) is 2.18. The highest BCUT2D eigenvalue weighted by atomic mass is 32.1. The van der Waals surface area contributed by atoms with Crippen molar-refractivity contribution in [3.63, 3.8) is 0 Å². The first kappa shape index (κ1) is 12.6. The molecule has 2 aromatic heterocycles. The normalized spacial score (nSPS) is 10.5. The molecule has 18 heavy (non-hydrogen) atoms. The van der Waals surface area contributed by atoms with Gasteiger partial charge in [0, 0.05) is 17.3 Å². The molecule has 5 nitrogen and oxygen atoms in total. The summed E-state index contributed by atoms with van der Waals surface area (Å²) in [4.78, 5) is 24.3. The molecule has 0 aromatic carbocycles. The van der Waals surface area contributed by atoms with Crippen LogP contribution in [-0.2, 0) is 17.6 Å². The van der Waals surface area contributed by atoms with Gasteiger partial charge in [-0.15, -0.1) is 11.3 Å². The zero-order chi connectivity index (χ0) is 13.0. The van der Waals surface area contributed by atoms with Crippen LogP contribution in [0.4, 0.5) is 0 Å². The van der Waals surface area contributed by atoms with Crippen LogP contribution in [0.2, 0.25) is 0 Å². The summed E-state index contributed by atoms with van der Waals surface area (Å²) in [5.74, 6) is -0.832. The average Bonchev–Trinajstić information content (AvgIpc) is 2.73. The first-order chi connectivity index (χ1) is 8.70. The van der Waals surface area contributed by atoms with E-state index in [0.29, 0.717) is 5.69 Å². The number of rotatable bonds is 5. The number of hydrogen-bond acceptors (Lipinski definition) is 5. The Morgan fingerprint density at radius 3 is 2.89 bits per heavy atom. The van der Waals surface area contributed by atoms with Gasteiger partial charge in [-0.3, -0.25) is 14.8 Å². The third-order valence-electron chi connectivity index (χ3n) is 2.36. The van der Waals surface area contributed by atoms with Gasteiger partial charge in [-0.2, -0.15) is 0 Å². The standard InChI is InChI=1S/C12H13N3O2S/c1-2-3-8-10(6-11(16)17)18-12(15-8)9-7-13-4-5-14-9/h4-5,7H,2-3,6H2,1H3,(H,16,17). The second-order valence-corrected chi connectivity index (χ2v) is 4.88. The monoisotopic (exact) mass is 263 g/mol. The first-order valence-corrected chi connectivity index (χ1v) is 6.49. The molecule has 0 unspecified atom stereocenters. The quantitative estimate of drug-likeness (QED) is 0.894. The topological polar surface area (TPSA) is 76.0 Å². The van der Waals surface area contributed by atoms with Crippen molar-refractivity contribution in [1.29, 1.82) is 0 Å². The zero-order valence-corrected chi connectivity index (χ0v) is 10.8. The fourth-order valence-electron chi connectivity index (χ4n) is 1.61. The average molecular weight is 263 g/mol. The highest BCUT2D eigenvalue weighted by Crippen LogP contribution is 2.27. The van der Waals surface area contributed by atoms with Gasteiger partial charge in [0.25, 0.3) is 0 Å². The van der Waals surface area contributed by atoms with Crippen LogP contribution in [0, 0.1) is 0 Å². The summed E-state index contributed by atoms with van der Waals surface area (Å²) in [6.07, 6.45) is 6.59. The van der Waals surface area contributed by atoms with Crippen molar-refractivity contribution in [2.24, 2.45) is 0 Å². The van der Waals surface area contributed by atoms with E-state index in [-0.39, 0.29) is 6.42 Å². The van der Waals surface area contributed by atoms with E-state index in [2.05, 4.69) is 15.0 Å². The zero-order valence-electron chi connectivity index (χ0n) is 9.96. The molecule has 0 aliphatic rings. The van der Waals surface area contributed by atoms with Gasteiger partial charge in [-0.25, -0.2) is 4.98 Å². The summed E-state index contributed by atoms with van der Waals surface area (Å²) < 4.78 is 0. The van der Waals surface area contributed by atoms with Crippen LogP contribution in [0.3, 0.4) is 0 Å². The van der Waals surface area contributed by atoms with E-state index in [1.54, 1.807) is 18.6 Å². The number of aromatic nitrogens is 3. The molecule has 94 valence electrons. The van der Waals surface area contributed by atoms with Crippen LogP contribution in [-0.4, -0.2) is 26.0 Å². The summed E-state index contributed by atoms with van der Waals surface area (Å²) in [5.41, 5.74) is 1.56. The van der Waals surface area contributed by atoms with Crippen molar-refractivity contribution in [2.45, 2.75) is 26.2 Å². The second kappa shape index (κ2) is 5.68. The number of hydrogen-bond donors (Lipinski definition) is 1. The van der Waals surface area contributed by atoms with E-state index in [4.69, 9.17) is 5.11 Å². The van der Waals surface area contributed by atoms with E-state index >= 15 is 0 Å². The molecule has 2 rings (SSSR count). The molecule has 0 fully saturated rings. The fourth-order valence-corrected chi connectivity index (χ4v) is 2.67. The molecule has 0 bridgehead atoms. The summed E-state index contributed by atoms with van der Waals surface area (Å²) in [6, 6.07) is 0. The number of carboxylic acid groups (broad SMARTS) is 1. The molecule has 0 atom stereocenters. The van der Waals surface area contributed by atoms with E-state index in [0.717, 1.165) is 28.4 Å². The maximum Gasteiger partial charge on any atom is 0.308 e. The Kier molecular flexibility index (Phi) is 3.99. The predicted molar refractivity (Wildman–Crippen MR) is 68.5 cm³/mol. The van der Waals surface area contributed by atoms with Crippen molar-refractivity contribution < 1.29 is 9.90 Å². The summed E-state index contributed by atoms with van der Waals surface area (Å²) in [7, 11) is 0. The molecule has 2 aromatic rings. The number of nitrogens with zero attached hydrogens (tertiary/aromatic N) is 3. The lowest BCUT2D eigenvalue weighted by Crippen LogP contribution is -2.01. The molecule has 0 saturated carbocycles. The van der Waals surface area contributed by atoms with Crippen molar-refractivity contribution in [1.82, 2.24) is 15.0 Å². The Morgan fingerprint density at radius 1 is 1.44 bits per heavy atom. The highest BCUT2D eigenvalue weighted by molar-refractivity contribution is 7.15. The molecule has 0 amide bonds. The number of carboxylic acids is 1. The SMILES string of the molecule is CCCc1nc(-c2cnccn2)sc1CC(=O)O. The van der Waals surface area contributed by atoms with E-state index in [1.165, 1.54) is 11.3 Å². The third kappa shape index (κ3) is 2.89. The van der Waals surface area contributed by atoms with Crippen molar-refractivity contribution >= 4 is 17.3 Å². The Morgan fingerprint density at radius 2 is 2.28 bits per heavy atom. The van der Waals surface area contributed by atoms with E-state index < -0.39 is 5.97 Å². The lowest BCUT2D eigenvalue weighted by atomic mass is 10.2. The van der Waals surface area contributed by atoms with Gasteiger partial charge in [0.05, 0.1) is 18.3 Å². The van der Waals surface area contributed by atoms with Crippen LogP contribution in [0.5, 0.6) is 0 Å². The third-order valence-corrected chi connectivity index (χ3v) is 3.48. The summed E-state index contributed by atoms with van der Waals surface area (Å²) in [6.45, 7) is 2.05. The smallest absolute Gasteiger partial charge is 0.308 e. The molecular weight excluding hydrogens is 250 g/mol. The highest BCUT2D eigenvalue weighted by Gasteiger charge is 2.15. The Hall–Kier alpha value is -1.82. The maximum atomic E-state index is 10.8. The van der Waals surface area contributed by atoms with E-state index in [1.807, 2.05) is 6.92 Å². The molecule has 0 saturated heterocycles. The fraction of sp³-hybridized carbons (Fsp3) is 0.333. The van der Waals surface area contributed by atoms with Gasteiger partial charge < -0.3 is 5.11 Å². The minimum Gasteiger partial charge on any atom is -0.481 e. The van der Waals surface area contributed by atoms with Gasteiger partial charge in [0.2, 0.25) is 0 Å². The van der Waals surface area contributed by atoms with Gasteiger partial charge >= 0.3 is 5.97 Å². The lowest BCUT2D eigenvalue weighted by molar-refractivity contribution is -0.136. The minimum atomic E-state index is -0.832. The van der Waals surface area contributed by atoms with Gasteiger partial charge in [0.15, 0.2) is 0 Å². The Labute approximate surface area is 109 Å². The number of aliphatic carboxylic acids is 1. The number of aryl methyl sites for hydroxylation is 1. The first-order valence-electron chi connectivity index (χ1n) is 5.67. The molecule has 6 heteroatoms. The van der Waals surface area contributed by atoms with Crippen molar-refractivity contribution in [3.05, 3.63) is 29.2 Å². The van der Waals surface area contributed by atoms with Crippen LogP contribution < -0.4 is 0 Å². The van der Waals surface area contributed by atoms with E-state index in [9.17, 15) is 4.79 Å². The second-order valence-electron chi connectivity index (χ2n) is 3.80. The molecule has 0 radical (unpaired) electrons.